The molecule has 7 heteroatoms. The molecule has 23 heavy (non-hydrogen) atoms. The average molecular weight is 307 g/mol. The zero-order valence-corrected chi connectivity index (χ0v) is 14.2. The van der Waals surface area contributed by atoms with Crippen LogP contribution < -0.4 is 0 Å². The first-order valence-electron chi connectivity index (χ1n) is 7.15. The van der Waals surface area contributed by atoms with E-state index in [2.05, 4.69) is 21.0 Å². The summed E-state index contributed by atoms with van der Waals surface area (Å²) in [6.07, 6.45) is 0. The largest absolute Gasteiger partial charge is 0.564 e. The summed E-state index contributed by atoms with van der Waals surface area (Å²) in [5.41, 5.74) is 4.57. The zero-order chi connectivity index (χ0) is 17.3. The van der Waals surface area contributed by atoms with Crippen molar-refractivity contribution in [3.05, 3.63) is 40.0 Å². The molecule has 2 rings (SSSR count). The second kappa shape index (κ2) is 6.25. The number of nitriles is 1. The Morgan fingerprint density at radius 1 is 1.04 bits per heavy atom. The number of imidazole rings is 1. The number of hydrogen-bond acceptors (Lipinski definition) is 5. The van der Waals surface area contributed by atoms with Gasteiger partial charge in [-0.1, -0.05) is 0 Å². The van der Waals surface area contributed by atoms with Crippen molar-refractivity contribution in [3.63, 3.8) is 0 Å². The maximum atomic E-state index is 9.60. The van der Waals surface area contributed by atoms with Crippen molar-refractivity contribution < 1.29 is 4.65 Å². The van der Waals surface area contributed by atoms with Crippen molar-refractivity contribution in [1.82, 2.24) is 19.5 Å². The first-order valence-corrected chi connectivity index (χ1v) is 7.15. The molecule has 0 aliphatic rings. The first-order chi connectivity index (χ1) is 10.8. The van der Waals surface area contributed by atoms with Crippen molar-refractivity contribution in [2.24, 2.45) is 7.05 Å². The smallest absolute Gasteiger partial charge is 0.374 e. The third kappa shape index (κ3) is 2.84. The molecule has 0 saturated heterocycles. The quantitative estimate of drug-likeness (QED) is 0.494. The summed E-state index contributed by atoms with van der Waals surface area (Å²) >= 11 is 0. The minimum Gasteiger partial charge on any atom is -0.564 e. The van der Waals surface area contributed by atoms with Crippen LogP contribution in [0.5, 0.6) is 0 Å². The van der Waals surface area contributed by atoms with Gasteiger partial charge in [-0.2, -0.15) is 5.26 Å². The number of aryl methyl sites for hydroxylation is 3. The molecule has 2 radical (unpaired) electrons. The van der Waals surface area contributed by atoms with Crippen molar-refractivity contribution in [3.8, 4) is 6.07 Å². The van der Waals surface area contributed by atoms with Gasteiger partial charge in [0.25, 0.3) is 0 Å². The van der Waals surface area contributed by atoms with E-state index >= 15 is 0 Å². The lowest BCUT2D eigenvalue weighted by atomic mass is 10.1. The Labute approximate surface area is 137 Å². The highest BCUT2D eigenvalue weighted by atomic mass is 16.4. The van der Waals surface area contributed by atoms with Crippen LogP contribution in [0.25, 0.3) is 11.3 Å². The van der Waals surface area contributed by atoms with Crippen LogP contribution in [0.3, 0.4) is 0 Å². The zero-order valence-electron chi connectivity index (χ0n) is 14.2. The summed E-state index contributed by atoms with van der Waals surface area (Å²) in [4.78, 5) is 13.2. The fourth-order valence-electron chi connectivity index (χ4n) is 2.23. The summed E-state index contributed by atoms with van der Waals surface area (Å²) in [6.45, 7) is 9.51. The summed E-state index contributed by atoms with van der Waals surface area (Å²) in [5.74, 6) is 0.916. The maximum absolute atomic E-state index is 9.60. The standard InChI is InChI=1S/C16H18BN5O/c1-8-9(2)19-15(20-10(8)3)13(7-18)14(23-17)16-21-11(4)12(5)22(16)6/h1-6H3. The molecule has 6 nitrogen and oxygen atoms in total. The second-order valence-corrected chi connectivity index (χ2v) is 5.44. The third-order valence-electron chi connectivity index (χ3n) is 4.13. The Kier molecular flexibility index (Phi) is 4.55. The van der Waals surface area contributed by atoms with E-state index in [0.717, 1.165) is 28.3 Å². The molecule has 0 bridgehead atoms. The second-order valence-electron chi connectivity index (χ2n) is 5.44. The van der Waals surface area contributed by atoms with E-state index in [1.165, 1.54) is 0 Å². The molecule has 0 fully saturated rings. The molecule has 2 aromatic heterocycles. The maximum Gasteiger partial charge on any atom is 0.374 e. The molecule has 2 aromatic rings. The molecule has 0 atom stereocenters. The highest BCUT2D eigenvalue weighted by Crippen LogP contribution is 2.26. The molecule has 0 unspecified atom stereocenters. The topological polar surface area (TPSA) is 76.6 Å². The Hall–Kier alpha value is -2.62. The van der Waals surface area contributed by atoms with Crippen LogP contribution in [-0.4, -0.2) is 27.6 Å². The predicted molar refractivity (Wildman–Crippen MR) is 88.2 cm³/mol. The monoisotopic (exact) mass is 307 g/mol. The van der Waals surface area contributed by atoms with Crippen LogP contribution in [0.15, 0.2) is 0 Å². The molecule has 2 heterocycles. The molecular formula is C16H18BN5O. The molecule has 0 amide bonds. The molecular weight excluding hydrogens is 289 g/mol. The van der Waals surface area contributed by atoms with E-state index in [1.807, 2.05) is 46.2 Å². The van der Waals surface area contributed by atoms with Crippen LogP contribution in [0.4, 0.5) is 0 Å². The molecule has 0 aliphatic heterocycles. The minimum atomic E-state index is 0.159. The Balaban J connectivity index is 2.75. The van der Waals surface area contributed by atoms with Gasteiger partial charge in [0, 0.05) is 24.1 Å². The number of rotatable bonds is 3. The number of nitrogens with zero attached hydrogens (tertiary/aromatic N) is 5. The average Bonchev–Trinajstić information content (AvgIpc) is 2.77. The fraction of sp³-hybridized carbons (Fsp3) is 0.375. The van der Waals surface area contributed by atoms with Crippen molar-refractivity contribution in [2.45, 2.75) is 34.6 Å². The van der Waals surface area contributed by atoms with Crippen molar-refractivity contribution in [2.75, 3.05) is 0 Å². The van der Waals surface area contributed by atoms with Gasteiger partial charge in [0.05, 0.1) is 5.69 Å². The lowest BCUT2D eigenvalue weighted by Gasteiger charge is -2.11. The molecule has 0 saturated carbocycles. The van der Waals surface area contributed by atoms with Gasteiger partial charge >= 0.3 is 8.05 Å². The number of hydrogen-bond donors (Lipinski definition) is 0. The van der Waals surface area contributed by atoms with Gasteiger partial charge in [-0.25, -0.2) is 15.0 Å². The van der Waals surface area contributed by atoms with E-state index in [1.54, 1.807) is 0 Å². The Morgan fingerprint density at radius 2 is 1.61 bits per heavy atom. The third-order valence-corrected chi connectivity index (χ3v) is 4.13. The van der Waals surface area contributed by atoms with Crippen LogP contribution in [0, 0.1) is 45.9 Å². The minimum absolute atomic E-state index is 0.159. The van der Waals surface area contributed by atoms with E-state index in [0.29, 0.717) is 5.82 Å². The number of allylic oxidation sites excluding steroid dienone is 1. The van der Waals surface area contributed by atoms with Gasteiger partial charge < -0.3 is 9.22 Å². The summed E-state index contributed by atoms with van der Waals surface area (Å²) in [7, 11) is 7.27. The summed E-state index contributed by atoms with van der Waals surface area (Å²) in [6, 6.07) is 2.09. The van der Waals surface area contributed by atoms with Gasteiger partial charge in [-0.05, 0) is 40.2 Å². The van der Waals surface area contributed by atoms with E-state index in [9.17, 15) is 5.26 Å². The summed E-state index contributed by atoms with van der Waals surface area (Å²) in [5, 5.41) is 9.60. The van der Waals surface area contributed by atoms with E-state index in [-0.39, 0.29) is 17.2 Å². The van der Waals surface area contributed by atoms with Gasteiger partial charge in [0.1, 0.15) is 11.6 Å². The molecule has 116 valence electrons. The first kappa shape index (κ1) is 16.8. The Morgan fingerprint density at radius 3 is 2.00 bits per heavy atom. The summed E-state index contributed by atoms with van der Waals surface area (Å²) < 4.78 is 6.82. The van der Waals surface area contributed by atoms with Crippen LogP contribution in [-0.2, 0) is 11.7 Å². The Bertz CT molecular complexity index is 822. The van der Waals surface area contributed by atoms with Crippen molar-refractivity contribution >= 4 is 19.4 Å². The fourth-order valence-corrected chi connectivity index (χ4v) is 2.23. The molecule has 0 aliphatic carbocycles. The van der Waals surface area contributed by atoms with Gasteiger partial charge in [0.2, 0.25) is 0 Å². The number of aromatic nitrogens is 4. The lowest BCUT2D eigenvalue weighted by molar-refractivity contribution is 0.559. The van der Waals surface area contributed by atoms with E-state index < -0.39 is 0 Å². The highest BCUT2D eigenvalue weighted by Gasteiger charge is 2.21. The van der Waals surface area contributed by atoms with Gasteiger partial charge in [-0.3, -0.25) is 0 Å². The van der Waals surface area contributed by atoms with Crippen molar-refractivity contribution in [1.29, 1.82) is 5.26 Å². The van der Waals surface area contributed by atoms with Crippen LogP contribution >= 0.6 is 0 Å². The normalized spacial score (nSPS) is 11.9. The van der Waals surface area contributed by atoms with Crippen LogP contribution in [0.2, 0.25) is 0 Å². The SMILES string of the molecule is [B]OC(=C(C#N)c1nc(C)c(C)c(C)n1)c1nc(C)c(C)n1C. The van der Waals surface area contributed by atoms with Gasteiger partial charge in [0.15, 0.2) is 17.4 Å². The van der Waals surface area contributed by atoms with E-state index in [4.69, 9.17) is 12.7 Å². The highest BCUT2D eigenvalue weighted by molar-refractivity contribution is 6.05. The predicted octanol–water partition coefficient (Wildman–Crippen LogP) is 2.24. The van der Waals surface area contributed by atoms with Crippen LogP contribution in [0.1, 0.15) is 40.0 Å². The molecule has 0 N–H and O–H groups in total. The van der Waals surface area contributed by atoms with Gasteiger partial charge in [-0.15, -0.1) is 0 Å². The lowest BCUT2D eigenvalue weighted by Crippen LogP contribution is -2.07. The molecule has 0 aromatic carbocycles. The molecule has 0 spiro atoms.